The predicted octanol–water partition coefficient (Wildman–Crippen LogP) is 2.35. The number of anilines is 1. The molecule has 0 spiro atoms. The summed E-state index contributed by atoms with van der Waals surface area (Å²) >= 11 is 5.55. The first-order valence-corrected chi connectivity index (χ1v) is 4.98. The van der Waals surface area contributed by atoms with Crippen LogP contribution in [0.1, 0.15) is 0 Å². The first-order valence-electron chi connectivity index (χ1n) is 4.60. The van der Waals surface area contributed by atoms with Gasteiger partial charge in [-0.3, -0.25) is 0 Å². The van der Waals surface area contributed by atoms with Crippen LogP contribution in [-0.2, 0) is 0 Å². The maximum absolute atomic E-state index is 13.2. The van der Waals surface area contributed by atoms with Gasteiger partial charge >= 0.3 is 0 Å². The van der Waals surface area contributed by atoms with Crippen molar-refractivity contribution in [2.75, 3.05) is 5.43 Å². The van der Waals surface area contributed by atoms with E-state index in [1.54, 1.807) is 0 Å². The number of ether oxygens (including phenoxy) is 1. The maximum atomic E-state index is 13.2. The molecule has 0 amide bonds. The SMILES string of the molecule is NNc1cc(Oc2ccc(Cl)c(F)c2)ncn1. The number of rotatable bonds is 3. The lowest BCUT2D eigenvalue weighted by molar-refractivity contribution is 0.457. The van der Waals surface area contributed by atoms with Gasteiger partial charge in [-0.05, 0) is 12.1 Å². The highest BCUT2D eigenvalue weighted by Crippen LogP contribution is 2.24. The Morgan fingerprint density at radius 3 is 2.82 bits per heavy atom. The molecule has 0 saturated carbocycles. The zero-order chi connectivity index (χ0) is 12.3. The third-order valence-corrected chi connectivity index (χ3v) is 2.21. The minimum absolute atomic E-state index is 0.0318. The van der Waals surface area contributed by atoms with Crippen LogP contribution in [0.2, 0.25) is 5.02 Å². The predicted molar refractivity (Wildman–Crippen MR) is 61.3 cm³/mol. The van der Waals surface area contributed by atoms with Crippen molar-refractivity contribution in [2.45, 2.75) is 0 Å². The second-order valence-electron chi connectivity index (χ2n) is 3.06. The highest BCUT2D eigenvalue weighted by molar-refractivity contribution is 6.30. The van der Waals surface area contributed by atoms with E-state index in [1.165, 1.54) is 30.6 Å². The van der Waals surface area contributed by atoms with Crippen molar-refractivity contribution in [3.05, 3.63) is 41.4 Å². The number of benzene rings is 1. The van der Waals surface area contributed by atoms with Gasteiger partial charge in [-0.25, -0.2) is 20.2 Å². The summed E-state index contributed by atoms with van der Waals surface area (Å²) in [4.78, 5) is 7.66. The smallest absolute Gasteiger partial charge is 0.224 e. The van der Waals surface area contributed by atoms with Gasteiger partial charge in [-0.2, -0.15) is 0 Å². The fraction of sp³-hybridized carbons (Fsp3) is 0. The Bertz CT molecular complexity index is 537. The number of nitrogens with two attached hydrogens (primary N) is 1. The molecule has 0 aliphatic rings. The molecule has 7 heteroatoms. The lowest BCUT2D eigenvalue weighted by Crippen LogP contribution is -2.08. The lowest BCUT2D eigenvalue weighted by Gasteiger charge is -2.06. The van der Waals surface area contributed by atoms with Crippen molar-refractivity contribution in [1.29, 1.82) is 0 Å². The minimum atomic E-state index is -0.560. The number of hydrogen-bond donors (Lipinski definition) is 2. The van der Waals surface area contributed by atoms with Gasteiger partial charge in [-0.1, -0.05) is 11.6 Å². The van der Waals surface area contributed by atoms with Crippen LogP contribution < -0.4 is 16.0 Å². The first kappa shape index (κ1) is 11.6. The van der Waals surface area contributed by atoms with Crippen LogP contribution in [0.3, 0.4) is 0 Å². The van der Waals surface area contributed by atoms with Gasteiger partial charge in [0.1, 0.15) is 23.7 Å². The number of hydrazine groups is 1. The third-order valence-electron chi connectivity index (χ3n) is 1.90. The van der Waals surface area contributed by atoms with Gasteiger partial charge in [0, 0.05) is 12.1 Å². The monoisotopic (exact) mass is 254 g/mol. The summed E-state index contributed by atoms with van der Waals surface area (Å²) in [6.07, 6.45) is 1.27. The summed E-state index contributed by atoms with van der Waals surface area (Å²) in [5.74, 6) is 5.55. The summed E-state index contributed by atoms with van der Waals surface area (Å²) in [7, 11) is 0. The van der Waals surface area contributed by atoms with E-state index in [0.717, 1.165) is 0 Å². The molecule has 88 valence electrons. The molecule has 1 heterocycles. The quantitative estimate of drug-likeness (QED) is 0.650. The summed E-state index contributed by atoms with van der Waals surface area (Å²) < 4.78 is 18.5. The van der Waals surface area contributed by atoms with E-state index >= 15 is 0 Å². The van der Waals surface area contributed by atoms with Crippen LogP contribution in [-0.4, -0.2) is 9.97 Å². The Labute approximate surface area is 101 Å². The van der Waals surface area contributed by atoms with Crippen LogP contribution in [0.5, 0.6) is 11.6 Å². The first-order chi connectivity index (χ1) is 8.19. The molecular formula is C10H8ClFN4O. The molecule has 0 fully saturated rings. The second kappa shape index (κ2) is 4.94. The second-order valence-corrected chi connectivity index (χ2v) is 3.47. The van der Waals surface area contributed by atoms with Crippen LogP contribution in [0, 0.1) is 5.82 Å². The van der Waals surface area contributed by atoms with Gasteiger partial charge < -0.3 is 10.2 Å². The van der Waals surface area contributed by atoms with E-state index in [1.807, 2.05) is 0 Å². The zero-order valence-corrected chi connectivity index (χ0v) is 9.28. The molecule has 0 atom stereocenters. The van der Waals surface area contributed by atoms with Gasteiger partial charge in [0.25, 0.3) is 0 Å². The maximum Gasteiger partial charge on any atom is 0.224 e. The van der Waals surface area contributed by atoms with Crippen molar-refractivity contribution in [1.82, 2.24) is 9.97 Å². The average molecular weight is 255 g/mol. The van der Waals surface area contributed by atoms with Gasteiger partial charge in [0.2, 0.25) is 5.88 Å². The zero-order valence-electron chi connectivity index (χ0n) is 8.52. The van der Waals surface area contributed by atoms with Gasteiger partial charge in [0.05, 0.1) is 5.02 Å². The minimum Gasteiger partial charge on any atom is -0.439 e. The normalized spacial score (nSPS) is 10.1. The number of nitrogens with zero attached hydrogens (tertiary/aromatic N) is 2. The van der Waals surface area contributed by atoms with Crippen molar-refractivity contribution < 1.29 is 9.13 Å². The Hall–Kier alpha value is -1.92. The van der Waals surface area contributed by atoms with Crippen LogP contribution in [0.15, 0.2) is 30.6 Å². The van der Waals surface area contributed by atoms with E-state index in [0.29, 0.717) is 5.82 Å². The fourth-order valence-electron chi connectivity index (χ4n) is 1.14. The number of nitrogen functional groups attached to an aromatic ring is 1. The molecule has 0 unspecified atom stereocenters. The molecule has 0 saturated heterocycles. The largest absolute Gasteiger partial charge is 0.439 e. The van der Waals surface area contributed by atoms with E-state index in [4.69, 9.17) is 22.2 Å². The third kappa shape index (κ3) is 2.80. The topological polar surface area (TPSA) is 73.1 Å². The van der Waals surface area contributed by atoms with E-state index < -0.39 is 5.82 Å². The molecule has 0 radical (unpaired) electrons. The van der Waals surface area contributed by atoms with Crippen molar-refractivity contribution in [3.8, 4) is 11.6 Å². The van der Waals surface area contributed by atoms with Gasteiger partial charge in [0.15, 0.2) is 0 Å². The van der Waals surface area contributed by atoms with E-state index in [-0.39, 0.29) is 16.7 Å². The molecule has 1 aromatic carbocycles. The number of nitrogens with one attached hydrogen (secondary N) is 1. The molecule has 17 heavy (non-hydrogen) atoms. The van der Waals surface area contributed by atoms with Crippen molar-refractivity contribution in [2.24, 2.45) is 5.84 Å². The molecule has 0 aliphatic heterocycles. The van der Waals surface area contributed by atoms with Crippen molar-refractivity contribution in [3.63, 3.8) is 0 Å². The van der Waals surface area contributed by atoms with Gasteiger partial charge in [-0.15, -0.1) is 0 Å². The number of halogens is 2. The Kier molecular flexibility index (Phi) is 3.36. The fourth-order valence-corrected chi connectivity index (χ4v) is 1.25. The Morgan fingerprint density at radius 2 is 2.12 bits per heavy atom. The summed E-state index contributed by atoms with van der Waals surface area (Å²) in [5, 5.41) is 0.0318. The van der Waals surface area contributed by atoms with E-state index in [2.05, 4.69) is 15.4 Å². The molecule has 1 aromatic heterocycles. The Balaban J connectivity index is 2.22. The number of aromatic nitrogens is 2. The molecule has 3 N–H and O–H groups in total. The molecule has 0 bridgehead atoms. The average Bonchev–Trinajstić information content (AvgIpc) is 2.34. The highest BCUT2D eigenvalue weighted by Gasteiger charge is 2.04. The standard InChI is InChI=1S/C10H8ClFN4O/c11-7-2-1-6(3-8(7)12)17-10-4-9(16-13)14-5-15-10/h1-5H,13H2,(H,14,15,16). The molecular weight excluding hydrogens is 247 g/mol. The van der Waals surface area contributed by atoms with Crippen molar-refractivity contribution >= 4 is 17.4 Å². The molecule has 0 aliphatic carbocycles. The van der Waals surface area contributed by atoms with E-state index in [9.17, 15) is 4.39 Å². The number of hydrogen-bond acceptors (Lipinski definition) is 5. The van der Waals surface area contributed by atoms with Crippen LogP contribution in [0.4, 0.5) is 10.2 Å². The highest BCUT2D eigenvalue weighted by atomic mass is 35.5. The summed E-state index contributed by atoms with van der Waals surface area (Å²) in [5.41, 5.74) is 2.35. The van der Waals surface area contributed by atoms with Crippen LogP contribution in [0.25, 0.3) is 0 Å². The molecule has 5 nitrogen and oxygen atoms in total. The summed E-state index contributed by atoms with van der Waals surface area (Å²) in [6, 6.07) is 5.57. The Morgan fingerprint density at radius 1 is 1.29 bits per heavy atom. The molecule has 2 aromatic rings. The van der Waals surface area contributed by atoms with Crippen LogP contribution >= 0.6 is 11.6 Å². The lowest BCUT2D eigenvalue weighted by atomic mass is 10.3. The summed E-state index contributed by atoms with van der Waals surface area (Å²) in [6.45, 7) is 0. The molecule has 2 rings (SSSR count).